The monoisotopic (exact) mass is 258 g/mol. The van der Waals surface area contributed by atoms with Gasteiger partial charge in [0.2, 0.25) is 0 Å². The van der Waals surface area contributed by atoms with Crippen LogP contribution < -0.4 is 5.32 Å². The molecule has 0 bridgehead atoms. The van der Waals surface area contributed by atoms with Crippen LogP contribution in [0.25, 0.3) is 0 Å². The number of hydrogen-bond acceptors (Lipinski definition) is 3. The highest BCUT2D eigenvalue weighted by Gasteiger charge is 2.27. The Morgan fingerprint density at radius 1 is 1.41 bits per heavy atom. The standard InChI is InChI=1S/C8H13F3N2O4/c1-13(4-6(14)15)7(16)12-2-3-17-5-8(9,10)11/h2-5H2,1H3,(H,12,16)(H,14,15). The number of aliphatic carboxylic acids is 1. The Bertz CT molecular complexity index is 270. The molecule has 2 amide bonds. The first-order valence-corrected chi connectivity index (χ1v) is 4.57. The van der Waals surface area contributed by atoms with Gasteiger partial charge in [-0.05, 0) is 0 Å². The van der Waals surface area contributed by atoms with Crippen molar-refractivity contribution in [1.82, 2.24) is 10.2 Å². The van der Waals surface area contributed by atoms with Crippen molar-refractivity contribution in [2.75, 3.05) is 33.4 Å². The minimum Gasteiger partial charge on any atom is -0.480 e. The molecule has 6 nitrogen and oxygen atoms in total. The van der Waals surface area contributed by atoms with Crippen molar-refractivity contribution < 1.29 is 32.6 Å². The van der Waals surface area contributed by atoms with Gasteiger partial charge in [-0.2, -0.15) is 13.2 Å². The van der Waals surface area contributed by atoms with Gasteiger partial charge in [0.1, 0.15) is 13.2 Å². The lowest BCUT2D eigenvalue weighted by molar-refractivity contribution is -0.173. The first-order chi connectivity index (χ1) is 7.72. The van der Waals surface area contributed by atoms with Crippen molar-refractivity contribution in [2.24, 2.45) is 0 Å². The molecule has 0 rings (SSSR count). The van der Waals surface area contributed by atoms with Crippen LogP contribution in [0.3, 0.4) is 0 Å². The number of likely N-dealkylation sites (N-methyl/N-ethyl adjacent to an activating group) is 1. The summed E-state index contributed by atoms with van der Waals surface area (Å²) in [4.78, 5) is 22.2. The SMILES string of the molecule is CN(CC(=O)O)C(=O)NCCOCC(F)(F)F. The van der Waals surface area contributed by atoms with E-state index in [2.05, 4.69) is 10.1 Å². The van der Waals surface area contributed by atoms with Gasteiger partial charge in [-0.15, -0.1) is 0 Å². The predicted octanol–water partition coefficient (Wildman–Crippen LogP) is 0.291. The van der Waals surface area contributed by atoms with E-state index in [-0.39, 0.29) is 13.2 Å². The van der Waals surface area contributed by atoms with Crippen molar-refractivity contribution in [3.8, 4) is 0 Å². The Kier molecular flexibility index (Phi) is 6.33. The van der Waals surface area contributed by atoms with Crippen LogP contribution in [0.2, 0.25) is 0 Å². The fourth-order valence-electron chi connectivity index (χ4n) is 0.828. The van der Waals surface area contributed by atoms with E-state index in [1.54, 1.807) is 0 Å². The average Bonchev–Trinajstić information content (AvgIpc) is 2.13. The highest BCUT2D eigenvalue weighted by Crippen LogP contribution is 2.13. The third kappa shape index (κ3) is 9.42. The van der Waals surface area contributed by atoms with Crippen LogP contribution in [-0.2, 0) is 9.53 Å². The van der Waals surface area contributed by atoms with Crippen LogP contribution >= 0.6 is 0 Å². The van der Waals surface area contributed by atoms with Gasteiger partial charge < -0.3 is 20.1 Å². The average molecular weight is 258 g/mol. The summed E-state index contributed by atoms with van der Waals surface area (Å²) in [5.74, 6) is -1.18. The molecule has 0 aromatic carbocycles. The van der Waals surface area contributed by atoms with Crippen molar-refractivity contribution in [1.29, 1.82) is 0 Å². The lowest BCUT2D eigenvalue weighted by Crippen LogP contribution is -2.41. The smallest absolute Gasteiger partial charge is 0.411 e. The van der Waals surface area contributed by atoms with Gasteiger partial charge in [0.05, 0.1) is 6.61 Å². The molecule has 0 fully saturated rings. The van der Waals surface area contributed by atoms with Crippen LogP contribution in [-0.4, -0.2) is 61.5 Å². The van der Waals surface area contributed by atoms with E-state index in [9.17, 15) is 22.8 Å². The Hall–Kier alpha value is -1.51. The molecule has 0 saturated carbocycles. The minimum atomic E-state index is -4.40. The zero-order valence-corrected chi connectivity index (χ0v) is 9.08. The van der Waals surface area contributed by atoms with Crippen molar-refractivity contribution in [3.05, 3.63) is 0 Å². The minimum absolute atomic E-state index is 0.126. The maximum Gasteiger partial charge on any atom is 0.411 e. The fourth-order valence-corrected chi connectivity index (χ4v) is 0.828. The van der Waals surface area contributed by atoms with Gasteiger partial charge in [-0.3, -0.25) is 4.79 Å². The number of hydrogen-bond donors (Lipinski definition) is 2. The summed E-state index contributed by atoms with van der Waals surface area (Å²) in [6, 6.07) is -0.692. The van der Waals surface area contributed by atoms with Crippen LogP contribution in [0.15, 0.2) is 0 Å². The number of rotatable bonds is 6. The lowest BCUT2D eigenvalue weighted by atomic mass is 10.5. The first-order valence-electron chi connectivity index (χ1n) is 4.57. The Labute approximate surface area is 95.3 Å². The summed E-state index contributed by atoms with van der Waals surface area (Å²) in [6.07, 6.45) is -4.40. The van der Waals surface area contributed by atoms with Gasteiger partial charge in [-0.1, -0.05) is 0 Å². The zero-order valence-electron chi connectivity index (χ0n) is 9.08. The molecule has 100 valence electrons. The largest absolute Gasteiger partial charge is 0.480 e. The number of carbonyl (C=O) groups excluding carboxylic acids is 1. The molecule has 0 aliphatic heterocycles. The van der Waals surface area contributed by atoms with Crippen LogP contribution in [0.4, 0.5) is 18.0 Å². The van der Waals surface area contributed by atoms with E-state index < -0.39 is 31.3 Å². The Morgan fingerprint density at radius 2 is 2.00 bits per heavy atom. The summed E-state index contributed by atoms with van der Waals surface area (Å²) < 4.78 is 39.1. The number of halogens is 3. The van der Waals surface area contributed by atoms with E-state index in [4.69, 9.17) is 5.11 Å². The quantitative estimate of drug-likeness (QED) is 0.671. The summed E-state index contributed by atoms with van der Waals surface area (Å²) >= 11 is 0. The number of urea groups is 1. The number of carboxylic acid groups (broad SMARTS) is 1. The van der Waals surface area contributed by atoms with Crippen LogP contribution in [0.1, 0.15) is 0 Å². The van der Waals surface area contributed by atoms with Crippen molar-refractivity contribution in [3.63, 3.8) is 0 Å². The van der Waals surface area contributed by atoms with Gasteiger partial charge in [0.25, 0.3) is 0 Å². The molecule has 0 radical (unpaired) electrons. The highest BCUT2D eigenvalue weighted by molar-refractivity contribution is 5.79. The Balaban J connectivity index is 3.61. The van der Waals surface area contributed by atoms with Gasteiger partial charge >= 0.3 is 18.2 Å². The summed E-state index contributed by atoms with van der Waals surface area (Å²) in [5, 5.41) is 10.6. The molecule has 0 atom stereocenters. The molecule has 0 saturated heterocycles. The van der Waals surface area contributed by atoms with Gasteiger partial charge in [0.15, 0.2) is 0 Å². The molecule has 0 aromatic rings. The molecule has 2 N–H and O–H groups in total. The second-order valence-corrected chi connectivity index (χ2v) is 3.15. The van der Waals surface area contributed by atoms with Crippen LogP contribution in [0.5, 0.6) is 0 Å². The molecule has 0 heterocycles. The van der Waals surface area contributed by atoms with Crippen molar-refractivity contribution >= 4 is 12.0 Å². The number of nitrogens with one attached hydrogen (secondary N) is 1. The van der Waals surface area contributed by atoms with E-state index in [1.165, 1.54) is 7.05 Å². The third-order valence-electron chi connectivity index (χ3n) is 1.51. The molecular weight excluding hydrogens is 245 g/mol. The number of carbonyl (C=O) groups is 2. The molecule has 0 unspecified atom stereocenters. The number of amides is 2. The topological polar surface area (TPSA) is 78.9 Å². The maximum atomic E-state index is 11.6. The molecule has 9 heteroatoms. The molecule has 0 aromatic heterocycles. The zero-order chi connectivity index (χ0) is 13.5. The fraction of sp³-hybridized carbons (Fsp3) is 0.750. The summed E-state index contributed by atoms with van der Waals surface area (Å²) in [7, 11) is 1.25. The number of ether oxygens (including phenoxy) is 1. The number of nitrogens with zero attached hydrogens (tertiary/aromatic N) is 1. The van der Waals surface area contributed by atoms with E-state index in [0.29, 0.717) is 0 Å². The predicted molar refractivity (Wildman–Crippen MR) is 50.5 cm³/mol. The summed E-state index contributed by atoms with van der Waals surface area (Å²) in [6.45, 7) is -2.30. The maximum absolute atomic E-state index is 11.6. The molecular formula is C8H13F3N2O4. The summed E-state index contributed by atoms with van der Waals surface area (Å²) in [5.41, 5.74) is 0. The third-order valence-corrected chi connectivity index (χ3v) is 1.51. The van der Waals surface area contributed by atoms with Crippen LogP contribution in [0, 0.1) is 0 Å². The molecule has 17 heavy (non-hydrogen) atoms. The molecule has 0 aliphatic carbocycles. The number of carboxylic acids is 1. The lowest BCUT2D eigenvalue weighted by Gasteiger charge is -2.15. The highest BCUT2D eigenvalue weighted by atomic mass is 19.4. The normalized spacial score (nSPS) is 11.1. The second-order valence-electron chi connectivity index (χ2n) is 3.15. The molecule has 0 aliphatic rings. The number of alkyl halides is 3. The first kappa shape index (κ1) is 15.5. The van der Waals surface area contributed by atoms with Gasteiger partial charge in [-0.25, -0.2) is 4.79 Å². The van der Waals surface area contributed by atoms with E-state index >= 15 is 0 Å². The molecule has 0 spiro atoms. The van der Waals surface area contributed by atoms with E-state index in [1.807, 2.05) is 0 Å². The Morgan fingerprint density at radius 3 is 2.47 bits per heavy atom. The van der Waals surface area contributed by atoms with E-state index in [0.717, 1.165) is 4.90 Å². The van der Waals surface area contributed by atoms with Crippen molar-refractivity contribution in [2.45, 2.75) is 6.18 Å². The second kappa shape index (κ2) is 6.94. The van der Waals surface area contributed by atoms with Gasteiger partial charge in [0, 0.05) is 13.6 Å².